The average Bonchev–Trinajstić information content (AvgIpc) is 2.67. The van der Waals surface area contributed by atoms with Crippen molar-refractivity contribution in [3.05, 3.63) is 30.0 Å². The van der Waals surface area contributed by atoms with Crippen LogP contribution in [-0.2, 0) is 0 Å². The lowest BCUT2D eigenvalue weighted by Crippen LogP contribution is -2.12. The second-order valence-corrected chi connectivity index (χ2v) is 2.90. The van der Waals surface area contributed by atoms with Gasteiger partial charge in [0.1, 0.15) is 11.4 Å². The van der Waals surface area contributed by atoms with Gasteiger partial charge in [-0.2, -0.15) is 15.4 Å². The zero-order valence-electron chi connectivity index (χ0n) is 7.64. The van der Waals surface area contributed by atoms with Crippen LogP contribution in [0.4, 0.5) is 0 Å². The summed E-state index contributed by atoms with van der Waals surface area (Å²) < 4.78 is 0. The van der Waals surface area contributed by atoms with Crippen LogP contribution in [0.5, 0.6) is 5.75 Å². The number of rotatable bonds is 2. The summed E-state index contributed by atoms with van der Waals surface area (Å²) in [6.45, 7) is 0. The molecule has 0 fully saturated rings. The molecule has 0 aliphatic rings. The van der Waals surface area contributed by atoms with E-state index in [4.69, 9.17) is 5.73 Å². The number of H-pyrrole nitrogens is 1. The fourth-order valence-electron chi connectivity index (χ4n) is 1.26. The topological polar surface area (TPSA) is 105 Å². The third-order valence-electron chi connectivity index (χ3n) is 1.94. The predicted molar refractivity (Wildman–Crippen MR) is 52.0 cm³/mol. The Morgan fingerprint density at radius 3 is 2.73 bits per heavy atom. The van der Waals surface area contributed by atoms with Gasteiger partial charge in [0.2, 0.25) is 0 Å². The third-order valence-corrected chi connectivity index (χ3v) is 1.94. The normalized spacial score (nSPS) is 10.1. The van der Waals surface area contributed by atoms with E-state index in [1.807, 2.05) is 0 Å². The lowest BCUT2D eigenvalue weighted by atomic mass is 10.1. The third kappa shape index (κ3) is 1.52. The highest BCUT2D eigenvalue weighted by Gasteiger charge is 2.17. The van der Waals surface area contributed by atoms with Gasteiger partial charge in [0, 0.05) is 5.56 Å². The molecule has 1 aromatic carbocycles. The van der Waals surface area contributed by atoms with Crippen molar-refractivity contribution in [3.8, 4) is 17.0 Å². The molecule has 0 bridgehead atoms. The molecule has 0 atom stereocenters. The van der Waals surface area contributed by atoms with Gasteiger partial charge < -0.3 is 10.8 Å². The first kappa shape index (κ1) is 9.20. The molecule has 15 heavy (non-hydrogen) atoms. The lowest BCUT2D eigenvalue weighted by Gasteiger charge is -2.00. The maximum atomic E-state index is 11.0. The minimum absolute atomic E-state index is 0.0106. The van der Waals surface area contributed by atoms with Gasteiger partial charge in [0.05, 0.1) is 0 Å². The van der Waals surface area contributed by atoms with Gasteiger partial charge in [-0.15, -0.1) is 0 Å². The number of nitrogens with two attached hydrogens (primary N) is 1. The summed E-state index contributed by atoms with van der Waals surface area (Å²) >= 11 is 0. The number of carbonyl (C=O) groups is 1. The van der Waals surface area contributed by atoms with Crippen LogP contribution in [0, 0.1) is 0 Å². The number of amides is 1. The molecule has 0 radical (unpaired) electrons. The number of benzene rings is 1. The van der Waals surface area contributed by atoms with Crippen LogP contribution in [0.15, 0.2) is 24.3 Å². The zero-order valence-corrected chi connectivity index (χ0v) is 7.64. The van der Waals surface area contributed by atoms with Crippen LogP contribution < -0.4 is 5.73 Å². The summed E-state index contributed by atoms with van der Waals surface area (Å²) in [4.78, 5) is 11.0. The standard InChI is InChI=1S/C9H8N4O2/c10-9(15)8-7(11-13-12-8)5-3-1-2-4-6(5)14/h1-4,14H,(H2,10,15)(H,11,12,13). The van der Waals surface area contributed by atoms with Gasteiger partial charge in [-0.3, -0.25) is 4.79 Å². The molecule has 0 saturated carbocycles. The Morgan fingerprint density at radius 1 is 1.33 bits per heavy atom. The Morgan fingerprint density at radius 2 is 2.07 bits per heavy atom. The first-order valence-corrected chi connectivity index (χ1v) is 4.19. The number of carbonyl (C=O) groups excluding carboxylic acids is 1. The second-order valence-electron chi connectivity index (χ2n) is 2.90. The lowest BCUT2D eigenvalue weighted by molar-refractivity contribution is 0.0996. The van der Waals surface area contributed by atoms with E-state index in [2.05, 4.69) is 15.4 Å². The number of aromatic amines is 1. The summed E-state index contributed by atoms with van der Waals surface area (Å²) in [6, 6.07) is 6.51. The van der Waals surface area contributed by atoms with Crippen LogP contribution in [0.3, 0.4) is 0 Å². The van der Waals surface area contributed by atoms with Crippen LogP contribution in [0.1, 0.15) is 10.5 Å². The molecule has 2 aromatic rings. The smallest absolute Gasteiger partial charge is 0.271 e. The first-order chi connectivity index (χ1) is 7.20. The maximum absolute atomic E-state index is 11.0. The van der Waals surface area contributed by atoms with E-state index in [1.165, 1.54) is 6.07 Å². The number of hydrogen-bond acceptors (Lipinski definition) is 4. The van der Waals surface area contributed by atoms with E-state index < -0.39 is 5.91 Å². The van der Waals surface area contributed by atoms with E-state index in [-0.39, 0.29) is 17.1 Å². The molecule has 2 rings (SSSR count). The van der Waals surface area contributed by atoms with Crippen molar-refractivity contribution < 1.29 is 9.90 Å². The minimum Gasteiger partial charge on any atom is -0.507 e. The number of nitrogens with zero attached hydrogens (tertiary/aromatic N) is 2. The fourth-order valence-corrected chi connectivity index (χ4v) is 1.26. The van der Waals surface area contributed by atoms with Crippen molar-refractivity contribution >= 4 is 5.91 Å². The first-order valence-electron chi connectivity index (χ1n) is 4.19. The number of phenols is 1. The number of para-hydroxylation sites is 1. The molecule has 1 aromatic heterocycles. The molecule has 6 nitrogen and oxygen atoms in total. The number of phenolic OH excluding ortho intramolecular Hbond substituents is 1. The Kier molecular flexibility index (Phi) is 2.09. The molecule has 6 heteroatoms. The second kappa shape index (κ2) is 3.41. The van der Waals surface area contributed by atoms with Crippen LogP contribution >= 0.6 is 0 Å². The van der Waals surface area contributed by atoms with Crippen molar-refractivity contribution in [3.63, 3.8) is 0 Å². The molecule has 4 N–H and O–H groups in total. The summed E-state index contributed by atoms with van der Waals surface area (Å²) in [6.07, 6.45) is 0. The highest BCUT2D eigenvalue weighted by atomic mass is 16.3. The Labute approximate surface area is 84.7 Å². The number of primary amides is 1. The molecule has 1 heterocycles. The minimum atomic E-state index is -0.693. The average molecular weight is 204 g/mol. The maximum Gasteiger partial charge on any atom is 0.271 e. The molecule has 1 amide bonds. The van der Waals surface area contributed by atoms with Gasteiger partial charge in [-0.1, -0.05) is 12.1 Å². The van der Waals surface area contributed by atoms with Crippen molar-refractivity contribution in [1.82, 2.24) is 15.4 Å². The fraction of sp³-hybridized carbons (Fsp3) is 0. The molecular formula is C9H8N4O2. The summed E-state index contributed by atoms with van der Waals surface area (Å²) in [5.74, 6) is -0.670. The number of aromatic nitrogens is 3. The summed E-state index contributed by atoms with van der Waals surface area (Å²) in [7, 11) is 0. The SMILES string of the molecule is NC(=O)c1n[nH]nc1-c1ccccc1O. The van der Waals surface area contributed by atoms with E-state index in [9.17, 15) is 9.90 Å². The number of nitrogens with one attached hydrogen (secondary N) is 1. The molecule has 0 aliphatic heterocycles. The highest BCUT2D eigenvalue weighted by Crippen LogP contribution is 2.28. The van der Waals surface area contributed by atoms with Crippen LogP contribution in [0.25, 0.3) is 11.3 Å². The molecule has 0 saturated heterocycles. The van der Waals surface area contributed by atoms with Gasteiger partial charge in [-0.05, 0) is 12.1 Å². The molecular weight excluding hydrogens is 196 g/mol. The molecule has 76 valence electrons. The largest absolute Gasteiger partial charge is 0.507 e. The summed E-state index contributed by atoms with van der Waals surface area (Å²) in [5, 5.41) is 19.2. The Bertz CT molecular complexity index is 506. The van der Waals surface area contributed by atoms with Gasteiger partial charge in [0.25, 0.3) is 5.91 Å². The number of aromatic hydroxyl groups is 1. The van der Waals surface area contributed by atoms with Crippen molar-refractivity contribution in [1.29, 1.82) is 0 Å². The van der Waals surface area contributed by atoms with Gasteiger partial charge >= 0.3 is 0 Å². The number of hydrogen-bond donors (Lipinski definition) is 3. The quantitative estimate of drug-likeness (QED) is 0.653. The molecule has 0 aliphatic carbocycles. The Balaban J connectivity index is 2.59. The van der Waals surface area contributed by atoms with Crippen LogP contribution in [0.2, 0.25) is 0 Å². The predicted octanol–water partition coefficient (Wildman–Crippen LogP) is 0.276. The van der Waals surface area contributed by atoms with E-state index in [0.717, 1.165) is 0 Å². The Hall–Kier alpha value is -2.37. The summed E-state index contributed by atoms with van der Waals surface area (Å²) in [5.41, 5.74) is 5.78. The van der Waals surface area contributed by atoms with Gasteiger partial charge in [0.15, 0.2) is 5.69 Å². The monoisotopic (exact) mass is 204 g/mol. The van der Waals surface area contributed by atoms with Crippen LogP contribution in [-0.4, -0.2) is 26.4 Å². The molecule has 0 spiro atoms. The van der Waals surface area contributed by atoms with Crippen molar-refractivity contribution in [2.24, 2.45) is 5.73 Å². The zero-order chi connectivity index (χ0) is 10.8. The highest BCUT2D eigenvalue weighted by molar-refractivity contribution is 5.97. The van der Waals surface area contributed by atoms with E-state index >= 15 is 0 Å². The molecule has 0 unspecified atom stereocenters. The van der Waals surface area contributed by atoms with Gasteiger partial charge in [-0.25, -0.2) is 0 Å². The van der Waals surface area contributed by atoms with E-state index in [0.29, 0.717) is 5.56 Å². The van der Waals surface area contributed by atoms with Crippen molar-refractivity contribution in [2.75, 3.05) is 0 Å². The van der Waals surface area contributed by atoms with Crippen molar-refractivity contribution in [2.45, 2.75) is 0 Å². The van der Waals surface area contributed by atoms with E-state index in [1.54, 1.807) is 18.2 Å².